The van der Waals surface area contributed by atoms with Crippen LogP contribution in [0.4, 0.5) is 5.69 Å². The van der Waals surface area contributed by atoms with Gasteiger partial charge in [0.1, 0.15) is 0 Å². The number of thioether (sulfide) groups is 1. The highest BCUT2D eigenvalue weighted by molar-refractivity contribution is 7.99. The van der Waals surface area contributed by atoms with E-state index in [0.29, 0.717) is 24.2 Å². The molecule has 1 aliphatic heterocycles. The first-order valence-corrected chi connectivity index (χ1v) is 12.2. The van der Waals surface area contributed by atoms with Gasteiger partial charge < -0.3 is 5.32 Å². The molecule has 0 aliphatic carbocycles. The van der Waals surface area contributed by atoms with Crippen LogP contribution >= 0.6 is 11.8 Å². The topological polar surface area (TPSA) is 66.5 Å². The molecule has 1 amide bonds. The van der Waals surface area contributed by atoms with Crippen molar-refractivity contribution in [3.05, 3.63) is 59.7 Å². The Kier molecular flexibility index (Phi) is 7.15. The minimum Gasteiger partial charge on any atom is -0.321 e. The Balaban J connectivity index is 1.66. The van der Waals surface area contributed by atoms with Crippen LogP contribution in [0.2, 0.25) is 0 Å². The predicted octanol–water partition coefficient (Wildman–Crippen LogP) is 4.37. The van der Waals surface area contributed by atoms with Crippen molar-refractivity contribution in [1.82, 2.24) is 4.31 Å². The van der Waals surface area contributed by atoms with Crippen LogP contribution in [0.3, 0.4) is 0 Å². The number of sulfonamides is 1. The fraction of sp³-hybridized carbons (Fsp3) is 0.381. The number of hydrogen-bond donors (Lipinski definition) is 1. The van der Waals surface area contributed by atoms with E-state index in [-0.39, 0.29) is 11.7 Å². The van der Waals surface area contributed by atoms with Gasteiger partial charge in [-0.2, -0.15) is 0 Å². The van der Waals surface area contributed by atoms with Crippen LogP contribution in [0.1, 0.15) is 42.1 Å². The Hall–Kier alpha value is -1.83. The van der Waals surface area contributed by atoms with Crippen molar-refractivity contribution in [2.75, 3.05) is 24.2 Å². The number of anilines is 1. The highest BCUT2D eigenvalue weighted by atomic mass is 32.2. The number of carbonyl (C=O) groups excluding carboxylic acids is 1. The van der Waals surface area contributed by atoms with Crippen LogP contribution in [0.5, 0.6) is 0 Å². The molecule has 7 heteroatoms. The monoisotopic (exact) mass is 418 g/mol. The molecule has 150 valence electrons. The third-order valence-electron chi connectivity index (χ3n) is 4.71. The highest BCUT2D eigenvalue weighted by Crippen LogP contribution is 2.27. The second-order valence-corrected chi connectivity index (χ2v) is 10.1. The lowest BCUT2D eigenvalue weighted by atomic mass is 10.1. The molecule has 2 aromatic rings. The normalized spacial score (nSPS) is 15.3. The van der Waals surface area contributed by atoms with Gasteiger partial charge in [0.2, 0.25) is 10.0 Å². The van der Waals surface area contributed by atoms with E-state index in [9.17, 15) is 13.2 Å². The summed E-state index contributed by atoms with van der Waals surface area (Å²) in [6.45, 7) is 3.29. The molecule has 0 radical (unpaired) electrons. The number of nitrogens with zero attached hydrogens (tertiary/aromatic N) is 1. The molecule has 0 atom stereocenters. The molecule has 0 saturated carbocycles. The number of benzene rings is 2. The van der Waals surface area contributed by atoms with Gasteiger partial charge in [0, 0.05) is 23.5 Å². The van der Waals surface area contributed by atoms with E-state index in [1.54, 1.807) is 40.3 Å². The maximum Gasteiger partial charge on any atom is 0.255 e. The molecular formula is C21H26N2O3S2. The first-order chi connectivity index (χ1) is 13.5. The van der Waals surface area contributed by atoms with E-state index in [0.717, 1.165) is 35.6 Å². The molecule has 0 unspecified atom stereocenters. The maximum atomic E-state index is 12.6. The summed E-state index contributed by atoms with van der Waals surface area (Å²) < 4.78 is 26.7. The van der Waals surface area contributed by atoms with Gasteiger partial charge in [0.05, 0.1) is 11.4 Å². The number of nitrogens with one attached hydrogen (secondary N) is 1. The average molecular weight is 419 g/mol. The lowest BCUT2D eigenvalue weighted by Crippen LogP contribution is -2.36. The quantitative estimate of drug-likeness (QED) is 0.678. The van der Waals surface area contributed by atoms with E-state index >= 15 is 0 Å². The van der Waals surface area contributed by atoms with Gasteiger partial charge in [-0.15, -0.1) is 11.8 Å². The molecule has 1 N–H and O–H groups in total. The number of piperidine rings is 1. The van der Waals surface area contributed by atoms with Crippen molar-refractivity contribution in [2.24, 2.45) is 0 Å². The summed E-state index contributed by atoms with van der Waals surface area (Å²) in [7, 11) is -3.30. The summed E-state index contributed by atoms with van der Waals surface area (Å²) in [5, 5.41) is 2.94. The number of para-hydroxylation sites is 1. The molecule has 28 heavy (non-hydrogen) atoms. The fourth-order valence-electron chi connectivity index (χ4n) is 3.24. The number of rotatable bonds is 7. The van der Waals surface area contributed by atoms with Crippen LogP contribution < -0.4 is 5.32 Å². The van der Waals surface area contributed by atoms with Crippen LogP contribution in [0.15, 0.2) is 53.4 Å². The summed E-state index contributed by atoms with van der Waals surface area (Å²) in [4.78, 5) is 13.6. The standard InChI is InChI=1S/C21H26N2O3S2/c1-2-27-20-9-5-4-8-19(20)22-21(24)18-12-10-17(11-13-18)16-28(25,26)23-14-6-3-7-15-23/h4-5,8-13H,2-3,6-7,14-16H2,1H3,(H,22,24). The number of amides is 1. The second kappa shape index (κ2) is 9.58. The van der Waals surface area contributed by atoms with Crippen LogP contribution in [-0.4, -0.2) is 37.5 Å². The molecule has 0 aromatic heterocycles. The van der Waals surface area contributed by atoms with E-state index in [1.165, 1.54) is 0 Å². The molecule has 0 spiro atoms. The molecule has 5 nitrogen and oxygen atoms in total. The Labute approximate surface area is 171 Å². The Morgan fingerprint density at radius 3 is 2.39 bits per heavy atom. The van der Waals surface area contributed by atoms with E-state index in [4.69, 9.17) is 0 Å². The van der Waals surface area contributed by atoms with Gasteiger partial charge >= 0.3 is 0 Å². The zero-order chi connectivity index (χ0) is 20.0. The van der Waals surface area contributed by atoms with Crippen molar-refractivity contribution >= 4 is 33.4 Å². The Morgan fingerprint density at radius 1 is 1.04 bits per heavy atom. The zero-order valence-electron chi connectivity index (χ0n) is 16.1. The first kappa shape index (κ1) is 20.9. The first-order valence-electron chi connectivity index (χ1n) is 9.59. The lowest BCUT2D eigenvalue weighted by Gasteiger charge is -2.25. The number of hydrogen-bond acceptors (Lipinski definition) is 4. The van der Waals surface area contributed by atoms with Crippen molar-refractivity contribution in [3.8, 4) is 0 Å². The smallest absolute Gasteiger partial charge is 0.255 e. The summed E-state index contributed by atoms with van der Waals surface area (Å²) in [6.07, 6.45) is 2.95. The molecular weight excluding hydrogens is 392 g/mol. The molecule has 2 aromatic carbocycles. The fourth-order valence-corrected chi connectivity index (χ4v) is 5.61. The van der Waals surface area contributed by atoms with Crippen LogP contribution in [-0.2, 0) is 15.8 Å². The second-order valence-electron chi connectivity index (χ2n) is 6.80. The van der Waals surface area contributed by atoms with E-state index in [2.05, 4.69) is 12.2 Å². The van der Waals surface area contributed by atoms with E-state index < -0.39 is 10.0 Å². The van der Waals surface area contributed by atoms with E-state index in [1.807, 2.05) is 24.3 Å². The molecule has 1 aliphatic rings. The Bertz CT molecular complexity index is 906. The van der Waals surface area contributed by atoms with Crippen molar-refractivity contribution < 1.29 is 13.2 Å². The number of carbonyl (C=O) groups is 1. The Morgan fingerprint density at radius 2 is 1.71 bits per heavy atom. The highest BCUT2D eigenvalue weighted by Gasteiger charge is 2.24. The average Bonchev–Trinajstić information content (AvgIpc) is 2.70. The SMILES string of the molecule is CCSc1ccccc1NC(=O)c1ccc(CS(=O)(=O)N2CCCCC2)cc1. The van der Waals surface area contributed by atoms with Gasteiger partial charge in [-0.3, -0.25) is 4.79 Å². The summed E-state index contributed by atoms with van der Waals surface area (Å²) in [5.41, 5.74) is 2.00. The summed E-state index contributed by atoms with van der Waals surface area (Å²) in [5.74, 6) is 0.701. The van der Waals surface area contributed by atoms with Crippen molar-refractivity contribution in [2.45, 2.75) is 36.8 Å². The van der Waals surface area contributed by atoms with Gasteiger partial charge in [-0.05, 0) is 48.4 Å². The minimum atomic E-state index is -3.30. The largest absolute Gasteiger partial charge is 0.321 e. The molecule has 3 rings (SSSR count). The van der Waals surface area contributed by atoms with Gasteiger partial charge in [-0.1, -0.05) is 37.6 Å². The third kappa shape index (κ3) is 5.37. The molecule has 0 bridgehead atoms. The van der Waals surface area contributed by atoms with Crippen LogP contribution in [0.25, 0.3) is 0 Å². The van der Waals surface area contributed by atoms with Gasteiger partial charge in [-0.25, -0.2) is 12.7 Å². The van der Waals surface area contributed by atoms with Crippen molar-refractivity contribution in [1.29, 1.82) is 0 Å². The molecule has 1 heterocycles. The lowest BCUT2D eigenvalue weighted by molar-refractivity contribution is 0.102. The van der Waals surface area contributed by atoms with Gasteiger partial charge in [0.25, 0.3) is 5.91 Å². The van der Waals surface area contributed by atoms with Crippen LogP contribution in [0, 0.1) is 0 Å². The predicted molar refractivity (Wildman–Crippen MR) is 115 cm³/mol. The molecule has 1 fully saturated rings. The molecule has 1 saturated heterocycles. The van der Waals surface area contributed by atoms with Gasteiger partial charge in [0.15, 0.2) is 0 Å². The summed E-state index contributed by atoms with van der Waals surface area (Å²) in [6, 6.07) is 14.5. The maximum absolute atomic E-state index is 12.6. The third-order valence-corrected chi connectivity index (χ3v) is 7.51. The van der Waals surface area contributed by atoms with Crippen molar-refractivity contribution in [3.63, 3.8) is 0 Å². The zero-order valence-corrected chi connectivity index (χ0v) is 17.7. The minimum absolute atomic E-state index is 0.0229. The summed E-state index contributed by atoms with van der Waals surface area (Å²) >= 11 is 1.68.